The van der Waals surface area contributed by atoms with Gasteiger partial charge in [0.15, 0.2) is 0 Å². The van der Waals surface area contributed by atoms with Crippen molar-refractivity contribution in [2.24, 2.45) is 0 Å². The summed E-state index contributed by atoms with van der Waals surface area (Å²) in [6, 6.07) is 5.78. The van der Waals surface area contributed by atoms with E-state index in [2.05, 4.69) is 15.5 Å². The SMILES string of the molecule is CNC1CCN(CC(=O)Nc2cccc(Cl)c2Cl)CC1.Cl. The van der Waals surface area contributed by atoms with Gasteiger partial charge in [-0.25, -0.2) is 0 Å². The Morgan fingerprint density at radius 3 is 2.62 bits per heavy atom. The van der Waals surface area contributed by atoms with Crippen molar-refractivity contribution in [3.8, 4) is 0 Å². The lowest BCUT2D eigenvalue weighted by molar-refractivity contribution is -0.117. The summed E-state index contributed by atoms with van der Waals surface area (Å²) < 4.78 is 0. The molecular weight excluding hydrogens is 333 g/mol. The van der Waals surface area contributed by atoms with Crippen LogP contribution in [0.5, 0.6) is 0 Å². The number of rotatable bonds is 4. The number of piperidine rings is 1. The highest BCUT2D eigenvalue weighted by molar-refractivity contribution is 6.43. The number of carbonyl (C=O) groups is 1. The predicted octanol–water partition coefficient (Wildman–Crippen LogP) is 3.04. The third-order valence-electron chi connectivity index (χ3n) is 3.59. The van der Waals surface area contributed by atoms with Gasteiger partial charge in [-0.15, -0.1) is 12.4 Å². The minimum Gasteiger partial charge on any atom is -0.324 e. The number of carbonyl (C=O) groups excluding carboxylic acids is 1. The molecule has 1 saturated heterocycles. The van der Waals surface area contributed by atoms with Crippen molar-refractivity contribution in [2.45, 2.75) is 18.9 Å². The first-order valence-electron chi connectivity index (χ1n) is 6.73. The summed E-state index contributed by atoms with van der Waals surface area (Å²) in [5, 5.41) is 6.91. The van der Waals surface area contributed by atoms with E-state index in [9.17, 15) is 4.79 Å². The second-order valence-electron chi connectivity index (χ2n) is 4.99. The Morgan fingerprint density at radius 2 is 2.00 bits per heavy atom. The fraction of sp³-hybridized carbons (Fsp3) is 0.500. The quantitative estimate of drug-likeness (QED) is 0.875. The largest absolute Gasteiger partial charge is 0.324 e. The Morgan fingerprint density at radius 1 is 1.33 bits per heavy atom. The molecule has 1 aromatic rings. The highest BCUT2D eigenvalue weighted by atomic mass is 35.5. The normalized spacial score (nSPS) is 16.3. The summed E-state index contributed by atoms with van der Waals surface area (Å²) in [6.45, 7) is 2.25. The Balaban J connectivity index is 0.00000220. The molecule has 0 bridgehead atoms. The number of amides is 1. The molecule has 2 rings (SSSR count). The number of halogens is 3. The van der Waals surface area contributed by atoms with E-state index in [4.69, 9.17) is 23.2 Å². The van der Waals surface area contributed by atoms with Crippen LogP contribution in [0.3, 0.4) is 0 Å². The molecule has 0 radical (unpaired) electrons. The molecule has 2 N–H and O–H groups in total. The summed E-state index contributed by atoms with van der Waals surface area (Å²) in [6.07, 6.45) is 2.14. The minimum absolute atomic E-state index is 0. The first-order valence-corrected chi connectivity index (χ1v) is 7.49. The van der Waals surface area contributed by atoms with E-state index >= 15 is 0 Å². The average Bonchev–Trinajstić information content (AvgIpc) is 2.45. The monoisotopic (exact) mass is 351 g/mol. The van der Waals surface area contributed by atoms with Gasteiger partial charge in [0.25, 0.3) is 0 Å². The van der Waals surface area contributed by atoms with Crippen LogP contribution in [-0.4, -0.2) is 43.5 Å². The van der Waals surface area contributed by atoms with E-state index in [1.165, 1.54) is 0 Å². The van der Waals surface area contributed by atoms with Crippen LogP contribution in [0.2, 0.25) is 10.0 Å². The van der Waals surface area contributed by atoms with Gasteiger partial charge in [0, 0.05) is 19.1 Å². The smallest absolute Gasteiger partial charge is 0.238 e. The zero-order valence-corrected chi connectivity index (χ0v) is 14.2. The van der Waals surface area contributed by atoms with Crippen molar-refractivity contribution in [3.63, 3.8) is 0 Å². The molecule has 0 aliphatic carbocycles. The van der Waals surface area contributed by atoms with Crippen LogP contribution in [0.25, 0.3) is 0 Å². The van der Waals surface area contributed by atoms with Crippen LogP contribution in [0.1, 0.15) is 12.8 Å². The fourth-order valence-electron chi connectivity index (χ4n) is 2.37. The Labute approximate surface area is 141 Å². The maximum absolute atomic E-state index is 12.0. The lowest BCUT2D eigenvalue weighted by Crippen LogP contribution is -2.44. The number of anilines is 1. The van der Waals surface area contributed by atoms with Gasteiger partial charge < -0.3 is 10.6 Å². The van der Waals surface area contributed by atoms with Crippen molar-refractivity contribution < 1.29 is 4.79 Å². The van der Waals surface area contributed by atoms with Gasteiger partial charge in [-0.05, 0) is 32.0 Å². The number of benzene rings is 1. The average molecular weight is 353 g/mol. The second-order valence-corrected chi connectivity index (χ2v) is 5.77. The molecule has 7 heteroatoms. The van der Waals surface area contributed by atoms with Crippen molar-refractivity contribution >= 4 is 47.2 Å². The van der Waals surface area contributed by atoms with E-state index < -0.39 is 0 Å². The van der Waals surface area contributed by atoms with Crippen LogP contribution in [0.15, 0.2) is 18.2 Å². The van der Waals surface area contributed by atoms with Crippen LogP contribution in [0, 0.1) is 0 Å². The third kappa shape index (κ3) is 5.31. The predicted molar refractivity (Wildman–Crippen MR) is 90.9 cm³/mol. The molecule has 0 atom stereocenters. The van der Waals surface area contributed by atoms with Crippen LogP contribution in [0.4, 0.5) is 5.69 Å². The Kier molecular flexibility index (Phi) is 7.77. The maximum atomic E-state index is 12.0. The molecule has 0 spiro atoms. The number of nitrogens with zero attached hydrogens (tertiary/aromatic N) is 1. The van der Waals surface area contributed by atoms with Crippen molar-refractivity contribution in [1.29, 1.82) is 0 Å². The summed E-state index contributed by atoms with van der Waals surface area (Å²) in [4.78, 5) is 14.2. The summed E-state index contributed by atoms with van der Waals surface area (Å²) in [5.41, 5.74) is 0.564. The lowest BCUT2D eigenvalue weighted by atomic mass is 10.1. The number of nitrogens with one attached hydrogen (secondary N) is 2. The lowest BCUT2D eigenvalue weighted by Gasteiger charge is -2.31. The molecule has 4 nitrogen and oxygen atoms in total. The molecule has 0 aromatic heterocycles. The van der Waals surface area contributed by atoms with E-state index in [-0.39, 0.29) is 18.3 Å². The highest BCUT2D eigenvalue weighted by Crippen LogP contribution is 2.29. The van der Waals surface area contributed by atoms with Crippen LogP contribution >= 0.6 is 35.6 Å². The van der Waals surface area contributed by atoms with Gasteiger partial charge in [-0.3, -0.25) is 9.69 Å². The molecule has 1 aromatic carbocycles. The molecule has 118 valence electrons. The molecule has 1 fully saturated rings. The number of hydrogen-bond acceptors (Lipinski definition) is 3. The van der Waals surface area contributed by atoms with Crippen molar-refractivity contribution in [1.82, 2.24) is 10.2 Å². The van der Waals surface area contributed by atoms with Crippen molar-refractivity contribution in [2.75, 3.05) is 32.0 Å². The van der Waals surface area contributed by atoms with Gasteiger partial charge in [0.2, 0.25) is 5.91 Å². The summed E-state index contributed by atoms with van der Waals surface area (Å²) in [5.74, 6) is -0.0583. The van der Waals surface area contributed by atoms with Gasteiger partial charge in [0.1, 0.15) is 0 Å². The fourth-order valence-corrected chi connectivity index (χ4v) is 2.72. The Hall–Kier alpha value is -0.520. The number of likely N-dealkylation sites (tertiary alicyclic amines) is 1. The molecule has 21 heavy (non-hydrogen) atoms. The molecule has 0 saturated carbocycles. The van der Waals surface area contributed by atoms with Crippen LogP contribution in [-0.2, 0) is 4.79 Å². The Bertz CT molecular complexity index is 477. The van der Waals surface area contributed by atoms with E-state index in [0.717, 1.165) is 25.9 Å². The molecule has 1 heterocycles. The van der Waals surface area contributed by atoms with Gasteiger partial charge >= 0.3 is 0 Å². The van der Waals surface area contributed by atoms with Crippen LogP contribution < -0.4 is 10.6 Å². The molecule has 1 amide bonds. The minimum atomic E-state index is -0.0583. The van der Waals surface area contributed by atoms with E-state index in [1.54, 1.807) is 18.2 Å². The molecule has 0 unspecified atom stereocenters. The maximum Gasteiger partial charge on any atom is 0.238 e. The van der Waals surface area contributed by atoms with Crippen molar-refractivity contribution in [3.05, 3.63) is 28.2 Å². The molecule has 1 aliphatic rings. The number of hydrogen-bond donors (Lipinski definition) is 2. The standard InChI is InChI=1S/C14H19Cl2N3O.ClH/c1-17-10-5-7-19(8-6-10)9-13(20)18-12-4-2-3-11(15)14(12)16;/h2-4,10,17H,5-9H2,1H3,(H,18,20);1H. The first kappa shape index (κ1) is 18.5. The van der Waals surface area contributed by atoms with Gasteiger partial charge in [0.05, 0.1) is 22.3 Å². The van der Waals surface area contributed by atoms with Gasteiger partial charge in [-0.2, -0.15) is 0 Å². The first-order chi connectivity index (χ1) is 9.60. The second kappa shape index (κ2) is 8.81. The molecule has 1 aliphatic heterocycles. The topological polar surface area (TPSA) is 44.4 Å². The van der Waals surface area contributed by atoms with Gasteiger partial charge in [-0.1, -0.05) is 29.3 Å². The van der Waals surface area contributed by atoms with E-state index in [0.29, 0.717) is 28.3 Å². The highest BCUT2D eigenvalue weighted by Gasteiger charge is 2.19. The summed E-state index contributed by atoms with van der Waals surface area (Å²) >= 11 is 12.0. The van der Waals surface area contributed by atoms with E-state index in [1.807, 2.05) is 7.05 Å². The molecular formula is C14H20Cl3N3O. The zero-order chi connectivity index (χ0) is 14.5. The summed E-state index contributed by atoms with van der Waals surface area (Å²) in [7, 11) is 1.98. The zero-order valence-electron chi connectivity index (χ0n) is 11.9. The third-order valence-corrected chi connectivity index (χ3v) is 4.41.